The van der Waals surface area contributed by atoms with E-state index in [9.17, 15) is 14.4 Å². The standard InChI is InChI=1S/C48H52O8SSi/c1-34-26-29-38(30-27-34)57-47-45(56-46(51)37-20-12-7-13-21-37)44(52-32-36-18-10-6-11-19-36)43(55-42(50)31-28-35(2)49)41(54-47)33-53-58(48(3,4)5,39-22-14-8-15-23-39)40-24-16-9-17-25-40/h6-27,29-30,41,43-45,47H,28,31-33H2,1-5H3/t41-,43+,44-,45+,47-/m0/s1. The molecule has 0 radical (unpaired) electrons. The summed E-state index contributed by atoms with van der Waals surface area (Å²) in [5, 5.41) is 1.80. The number of thioether (sulfide) groups is 1. The Labute approximate surface area is 347 Å². The molecule has 58 heavy (non-hydrogen) atoms. The second-order valence-corrected chi connectivity index (χ2v) is 21.1. The molecule has 10 heteroatoms. The van der Waals surface area contributed by atoms with Crippen molar-refractivity contribution in [2.75, 3.05) is 6.61 Å². The molecule has 1 saturated heterocycles. The third-order valence-corrected chi connectivity index (χ3v) is 16.4. The van der Waals surface area contributed by atoms with Crippen LogP contribution in [0.2, 0.25) is 5.04 Å². The van der Waals surface area contributed by atoms with Crippen LogP contribution in [0, 0.1) is 6.92 Å². The Morgan fingerprint density at radius 3 is 1.78 bits per heavy atom. The number of hydrogen-bond donors (Lipinski definition) is 0. The zero-order valence-electron chi connectivity index (χ0n) is 33.7. The summed E-state index contributed by atoms with van der Waals surface area (Å²) in [4.78, 5) is 40.6. The van der Waals surface area contributed by atoms with Crippen molar-refractivity contribution in [3.05, 3.63) is 162 Å². The number of benzene rings is 5. The lowest BCUT2D eigenvalue weighted by molar-refractivity contribution is -0.233. The van der Waals surface area contributed by atoms with Gasteiger partial charge in [0, 0.05) is 11.3 Å². The summed E-state index contributed by atoms with van der Waals surface area (Å²) in [6, 6.07) is 47.0. The van der Waals surface area contributed by atoms with Crippen LogP contribution in [0.15, 0.2) is 150 Å². The first-order valence-electron chi connectivity index (χ1n) is 19.7. The molecule has 8 nitrogen and oxygen atoms in total. The van der Waals surface area contributed by atoms with Gasteiger partial charge in [-0.1, -0.05) is 159 Å². The first kappa shape index (κ1) is 42.8. The van der Waals surface area contributed by atoms with E-state index >= 15 is 0 Å². The number of Topliss-reactive ketones (excluding diaryl/α,β-unsaturated/α-hetero) is 1. The quantitative estimate of drug-likeness (QED) is 0.0718. The number of hydrogen-bond acceptors (Lipinski definition) is 9. The van der Waals surface area contributed by atoms with Gasteiger partial charge >= 0.3 is 11.9 Å². The lowest BCUT2D eigenvalue weighted by atomic mass is 9.99. The lowest BCUT2D eigenvalue weighted by Crippen LogP contribution is -2.68. The van der Waals surface area contributed by atoms with E-state index in [1.165, 1.54) is 18.7 Å². The topological polar surface area (TPSA) is 97.4 Å². The van der Waals surface area contributed by atoms with Crippen LogP contribution in [0.4, 0.5) is 0 Å². The number of carbonyl (C=O) groups is 3. The van der Waals surface area contributed by atoms with Crippen molar-refractivity contribution in [1.82, 2.24) is 0 Å². The summed E-state index contributed by atoms with van der Waals surface area (Å²) in [5.41, 5.74) is 1.53. The SMILES string of the molecule is CC(=O)CCC(=O)O[C@H]1[C@H](OCc2ccccc2)[C@@H](OC(=O)c2ccccc2)[C@H](Sc2ccc(C)cc2)O[C@H]1CO[Si](c1ccccc1)(c1ccccc1)C(C)(C)C. The average molecular weight is 817 g/mol. The van der Waals surface area contributed by atoms with Crippen molar-refractivity contribution in [3.63, 3.8) is 0 Å². The fourth-order valence-corrected chi connectivity index (χ4v) is 13.0. The molecule has 5 atom stereocenters. The molecule has 0 aliphatic carbocycles. The molecular weight excluding hydrogens is 765 g/mol. The summed E-state index contributed by atoms with van der Waals surface area (Å²) in [7, 11) is -3.11. The molecule has 1 aliphatic rings. The Balaban J connectivity index is 1.46. The summed E-state index contributed by atoms with van der Waals surface area (Å²) in [6.45, 7) is 10.2. The molecule has 0 aromatic heterocycles. The molecule has 1 fully saturated rings. The molecule has 1 heterocycles. The summed E-state index contributed by atoms with van der Waals surface area (Å²) < 4.78 is 34.0. The number of carbonyl (C=O) groups excluding carboxylic acids is 3. The van der Waals surface area contributed by atoms with Gasteiger partial charge in [0.15, 0.2) is 12.2 Å². The van der Waals surface area contributed by atoms with E-state index in [1.54, 1.807) is 24.3 Å². The molecule has 0 spiro atoms. The minimum Gasteiger partial charge on any atom is -0.457 e. The van der Waals surface area contributed by atoms with Crippen LogP contribution in [-0.2, 0) is 39.6 Å². The predicted molar refractivity (Wildman–Crippen MR) is 230 cm³/mol. The highest BCUT2D eigenvalue weighted by atomic mass is 32.2. The Morgan fingerprint density at radius 2 is 1.22 bits per heavy atom. The van der Waals surface area contributed by atoms with Crippen molar-refractivity contribution >= 4 is 48.2 Å². The largest absolute Gasteiger partial charge is 0.457 e. The minimum atomic E-state index is -3.11. The summed E-state index contributed by atoms with van der Waals surface area (Å²) in [6.07, 6.45) is -4.13. The Bertz CT molecular complexity index is 2040. The fraction of sp³-hybridized carbons (Fsp3) is 0.312. The van der Waals surface area contributed by atoms with E-state index < -0.39 is 50.1 Å². The number of aryl methyl sites for hydroxylation is 1. The molecule has 6 rings (SSSR count). The first-order valence-corrected chi connectivity index (χ1v) is 22.5. The third-order valence-electron chi connectivity index (χ3n) is 10.2. The van der Waals surface area contributed by atoms with Crippen LogP contribution in [0.5, 0.6) is 0 Å². The summed E-state index contributed by atoms with van der Waals surface area (Å²) >= 11 is 1.41. The molecule has 302 valence electrons. The Kier molecular flexibility index (Phi) is 14.6. The maximum absolute atomic E-state index is 13.9. The highest BCUT2D eigenvalue weighted by Crippen LogP contribution is 2.41. The van der Waals surface area contributed by atoms with Crippen molar-refractivity contribution in [1.29, 1.82) is 0 Å². The van der Waals surface area contributed by atoms with Gasteiger partial charge < -0.3 is 28.2 Å². The highest BCUT2D eigenvalue weighted by Gasteiger charge is 2.55. The molecule has 0 saturated carbocycles. The Morgan fingerprint density at radius 1 is 0.672 bits per heavy atom. The van der Waals surface area contributed by atoms with Crippen LogP contribution in [0.25, 0.3) is 0 Å². The first-order chi connectivity index (χ1) is 27.9. The normalized spacial score (nSPS) is 19.6. The summed E-state index contributed by atoms with van der Waals surface area (Å²) in [5.74, 6) is -1.30. The Hall–Kier alpha value is -4.84. The molecular formula is C48H52O8SSi. The second kappa shape index (κ2) is 19.7. The van der Waals surface area contributed by atoms with Gasteiger partial charge in [0.1, 0.15) is 23.4 Å². The molecule has 1 aliphatic heterocycles. The van der Waals surface area contributed by atoms with Crippen LogP contribution in [0.1, 0.15) is 62.0 Å². The van der Waals surface area contributed by atoms with Crippen molar-refractivity contribution in [2.24, 2.45) is 0 Å². The number of rotatable bonds is 16. The molecule has 5 aromatic rings. The van der Waals surface area contributed by atoms with Gasteiger partial charge in [-0.05, 0) is 59.1 Å². The van der Waals surface area contributed by atoms with Crippen molar-refractivity contribution in [2.45, 2.75) is 93.9 Å². The van der Waals surface area contributed by atoms with E-state index in [-0.39, 0.29) is 36.9 Å². The van der Waals surface area contributed by atoms with Crippen molar-refractivity contribution in [3.8, 4) is 0 Å². The van der Waals surface area contributed by atoms with Crippen LogP contribution >= 0.6 is 11.8 Å². The molecule has 0 amide bonds. The highest BCUT2D eigenvalue weighted by molar-refractivity contribution is 7.99. The fourth-order valence-electron chi connectivity index (χ4n) is 7.31. The predicted octanol–water partition coefficient (Wildman–Crippen LogP) is 8.48. The average Bonchev–Trinajstić information content (AvgIpc) is 3.23. The van der Waals surface area contributed by atoms with Gasteiger partial charge in [-0.2, -0.15) is 0 Å². The maximum Gasteiger partial charge on any atom is 0.338 e. The number of ether oxygens (including phenoxy) is 4. The van der Waals surface area contributed by atoms with Gasteiger partial charge in [0.05, 0.1) is 25.2 Å². The molecule has 0 bridgehead atoms. The minimum absolute atomic E-state index is 0.0174. The van der Waals surface area contributed by atoms with Crippen LogP contribution in [0.3, 0.4) is 0 Å². The van der Waals surface area contributed by atoms with Gasteiger partial charge in [-0.3, -0.25) is 4.79 Å². The van der Waals surface area contributed by atoms with Gasteiger partial charge in [-0.25, -0.2) is 4.79 Å². The number of ketones is 1. The van der Waals surface area contributed by atoms with Crippen LogP contribution in [-0.4, -0.2) is 62.5 Å². The molecule has 0 N–H and O–H groups in total. The second-order valence-electron chi connectivity index (χ2n) is 15.6. The van der Waals surface area contributed by atoms with E-state index in [0.717, 1.165) is 26.4 Å². The zero-order valence-corrected chi connectivity index (χ0v) is 35.6. The molecule has 5 aromatic carbocycles. The third kappa shape index (κ3) is 10.6. The maximum atomic E-state index is 13.9. The van der Waals surface area contributed by atoms with E-state index in [2.05, 4.69) is 45.0 Å². The smallest absolute Gasteiger partial charge is 0.338 e. The van der Waals surface area contributed by atoms with Crippen LogP contribution < -0.4 is 10.4 Å². The van der Waals surface area contributed by atoms with E-state index in [1.807, 2.05) is 104 Å². The van der Waals surface area contributed by atoms with E-state index in [0.29, 0.717) is 5.56 Å². The number of esters is 2. The van der Waals surface area contributed by atoms with E-state index in [4.69, 9.17) is 23.4 Å². The lowest BCUT2D eigenvalue weighted by Gasteiger charge is -2.47. The van der Waals surface area contributed by atoms with Crippen molar-refractivity contribution < 1.29 is 37.8 Å². The van der Waals surface area contributed by atoms with Gasteiger partial charge in [0.2, 0.25) is 0 Å². The zero-order chi connectivity index (χ0) is 41.1. The van der Waals surface area contributed by atoms with Gasteiger partial charge in [0.25, 0.3) is 8.32 Å². The monoisotopic (exact) mass is 816 g/mol. The van der Waals surface area contributed by atoms with Gasteiger partial charge in [-0.15, -0.1) is 0 Å². The molecule has 0 unspecified atom stereocenters.